The summed E-state index contributed by atoms with van der Waals surface area (Å²) in [6.07, 6.45) is 3.97. The average molecular weight is 267 g/mol. The molecule has 3 aromatic rings. The third-order valence-electron chi connectivity index (χ3n) is 3.47. The molecule has 0 spiro atoms. The second-order valence-electron chi connectivity index (χ2n) is 4.96. The second-order valence-corrected chi connectivity index (χ2v) is 4.96. The first-order valence-electron chi connectivity index (χ1n) is 6.61. The average Bonchev–Trinajstić information content (AvgIpc) is 3.01. The second kappa shape index (κ2) is 4.52. The Kier molecular flexibility index (Phi) is 2.55. The third-order valence-corrected chi connectivity index (χ3v) is 3.47. The van der Waals surface area contributed by atoms with Crippen LogP contribution in [-0.4, -0.2) is 35.4 Å². The number of tetrazole rings is 1. The first-order valence-corrected chi connectivity index (χ1v) is 6.61. The minimum absolute atomic E-state index is 0.199. The highest BCUT2D eigenvalue weighted by Crippen LogP contribution is 2.38. The van der Waals surface area contributed by atoms with Crippen molar-refractivity contribution < 1.29 is 0 Å². The number of aromatic nitrogens is 7. The van der Waals surface area contributed by atoms with E-state index in [0.717, 1.165) is 11.4 Å². The molecule has 1 aliphatic rings. The van der Waals surface area contributed by atoms with E-state index in [1.165, 1.54) is 12.8 Å². The predicted octanol–water partition coefficient (Wildman–Crippen LogP) is 1.31. The van der Waals surface area contributed by atoms with E-state index in [9.17, 15) is 0 Å². The third kappa shape index (κ3) is 1.97. The first-order chi connectivity index (χ1) is 9.92. The van der Waals surface area contributed by atoms with Crippen LogP contribution in [0.25, 0.3) is 0 Å². The fourth-order valence-corrected chi connectivity index (χ4v) is 2.29. The summed E-state index contributed by atoms with van der Waals surface area (Å²) in [5, 5.41) is 18.8. The largest absolute Gasteiger partial charge is 0.263 e. The zero-order chi connectivity index (χ0) is 13.4. The monoisotopic (exact) mass is 267 g/mol. The summed E-state index contributed by atoms with van der Waals surface area (Å²) in [7, 11) is 0. The Bertz CT molecular complexity index is 685. The van der Waals surface area contributed by atoms with Crippen LogP contribution < -0.4 is 0 Å². The van der Waals surface area contributed by atoms with Crippen molar-refractivity contribution in [3.05, 3.63) is 53.9 Å². The van der Waals surface area contributed by atoms with Gasteiger partial charge in [0, 0.05) is 5.92 Å². The molecule has 0 saturated heterocycles. The Balaban J connectivity index is 1.77. The molecule has 1 N–H and O–H groups in total. The number of rotatable bonds is 4. The lowest BCUT2D eigenvalue weighted by molar-refractivity contribution is 0.547. The molecule has 0 unspecified atom stereocenters. The standard InChI is InChI=1S/C13H13N7/c1-2-4-9(5-3-1)11(20-8-14-18-19-20)13-15-12(16-17-13)10-6-7-10/h1-5,8,10-11H,6-7H2,(H,15,16,17)/t11-/m0/s1. The van der Waals surface area contributed by atoms with Crippen LogP contribution in [0.3, 0.4) is 0 Å². The molecule has 0 amide bonds. The molecule has 7 nitrogen and oxygen atoms in total. The van der Waals surface area contributed by atoms with Crippen LogP contribution in [0.2, 0.25) is 0 Å². The normalized spacial score (nSPS) is 16.2. The van der Waals surface area contributed by atoms with Crippen molar-refractivity contribution in [2.45, 2.75) is 24.8 Å². The van der Waals surface area contributed by atoms with Crippen LogP contribution in [-0.2, 0) is 0 Å². The van der Waals surface area contributed by atoms with E-state index in [1.807, 2.05) is 30.3 Å². The molecule has 1 saturated carbocycles. The number of H-pyrrole nitrogens is 1. The molecule has 7 heteroatoms. The molecule has 1 aliphatic carbocycles. The van der Waals surface area contributed by atoms with Gasteiger partial charge in [-0.1, -0.05) is 30.3 Å². The van der Waals surface area contributed by atoms with Crippen LogP contribution >= 0.6 is 0 Å². The van der Waals surface area contributed by atoms with Crippen LogP contribution in [0.4, 0.5) is 0 Å². The summed E-state index contributed by atoms with van der Waals surface area (Å²) in [4.78, 5) is 4.62. The summed E-state index contributed by atoms with van der Waals surface area (Å²) in [5.41, 5.74) is 1.06. The van der Waals surface area contributed by atoms with E-state index in [2.05, 4.69) is 30.7 Å². The summed E-state index contributed by atoms with van der Waals surface area (Å²) >= 11 is 0. The molecular formula is C13H13N7. The van der Waals surface area contributed by atoms with Crippen LogP contribution in [0.15, 0.2) is 36.7 Å². The van der Waals surface area contributed by atoms with E-state index in [4.69, 9.17) is 0 Å². The minimum Gasteiger partial charge on any atom is -0.263 e. The number of nitrogens with one attached hydrogen (secondary N) is 1. The fourth-order valence-electron chi connectivity index (χ4n) is 2.29. The molecule has 1 aromatic carbocycles. The molecule has 20 heavy (non-hydrogen) atoms. The molecule has 2 heterocycles. The molecule has 0 radical (unpaired) electrons. The highest BCUT2D eigenvalue weighted by molar-refractivity contribution is 5.25. The Morgan fingerprint density at radius 2 is 2.05 bits per heavy atom. The molecule has 2 aromatic heterocycles. The summed E-state index contributed by atoms with van der Waals surface area (Å²) in [6, 6.07) is 9.81. The SMILES string of the molecule is c1ccc([C@@H](c2n[nH]c(C3CC3)n2)n2cnnn2)cc1. The van der Waals surface area contributed by atoms with E-state index < -0.39 is 0 Å². The maximum absolute atomic E-state index is 4.62. The minimum atomic E-state index is -0.199. The van der Waals surface area contributed by atoms with Gasteiger partial charge in [-0.3, -0.25) is 5.10 Å². The number of hydrogen-bond acceptors (Lipinski definition) is 5. The van der Waals surface area contributed by atoms with E-state index in [1.54, 1.807) is 11.0 Å². The van der Waals surface area contributed by atoms with Crippen molar-refractivity contribution in [3.63, 3.8) is 0 Å². The summed E-state index contributed by atoms with van der Waals surface area (Å²) in [5.74, 6) is 2.21. The Hall–Kier alpha value is -2.57. The topological polar surface area (TPSA) is 85.2 Å². The van der Waals surface area contributed by atoms with Gasteiger partial charge < -0.3 is 0 Å². The lowest BCUT2D eigenvalue weighted by Gasteiger charge is -2.12. The van der Waals surface area contributed by atoms with Crippen LogP contribution in [0.5, 0.6) is 0 Å². The van der Waals surface area contributed by atoms with E-state index >= 15 is 0 Å². The number of nitrogens with zero attached hydrogens (tertiary/aromatic N) is 6. The quantitative estimate of drug-likeness (QED) is 0.770. The van der Waals surface area contributed by atoms with Gasteiger partial charge in [-0.15, -0.1) is 5.10 Å². The molecule has 0 bridgehead atoms. The molecule has 0 aliphatic heterocycles. The van der Waals surface area contributed by atoms with E-state index in [0.29, 0.717) is 11.7 Å². The Morgan fingerprint density at radius 3 is 2.75 bits per heavy atom. The molecule has 4 rings (SSSR count). The zero-order valence-electron chi connectivity index (χ0n) is 10.7. The summed E-state index contributed by atoms with van der Waals surface area (Å²) in [6.45, 7) is 0. The van der Waals surface area contributed by atoms with Gasteiger partial charge in [-0.05, 0) is 28.8 Å². The van der Waals surface area contributed by atoms with Crippen molar-refractivity contribution in [2.75, 3.05) is 0 Å². The van der Waals surface area contributed by atoms with Gasteiger partial charge in [-0.2, -0.15) is 5.10 Å². The molecule has 100 valence electrons. The van der Waals surface area contributed by atoms with Gasteiger partial charge in [0.1, 0.15) is 18.2 Å². The highest BCUT2D eigenvalue weighted by atomic mass is 15.5. The summed E-state index contributed by atoms with van der Waals surface area (Å²) < 4.78 is 1.68. The van der Waals surface area contributed by atoms with Gasteiger partial charge in [0.2, 0.25) is 0 Å². The van der Waals surface area contributed by atoms with Crippen LogP contribution in [0, 0.1) is 0 Å². The predicted molar refractivity (Wildman–Crippen MR) is 69.9 cm³/mol. The number of hydrogen-bond donors (Lipinski definition) is 1. The smallest absolute Gasteiger partial charge is 0.179 e. The maximum Gasteiger partial charge on any atom is 0.179 e. The Labute approximate surface area is 115 Å². The molecule has 1 fully saturated rings. The van der Waals surface area contributed by atoms with Gasteiger partial charge in [0.15, 0.2) is 5.82 Å². The lowest BCUT2D eigenvalue weighted by Crippen LogP contribution is -2.15. The highest BCUT2D eigenvalue weighted by Gasteiger charge is 2.29. The van der Waals surface area contributed by atoms with E-state index in [-0.39, 0.29) is 6.04 Å². The molecule has 1 atom stereocenters. The lowest BCUT2D eigenvalue weighted by atomic mass is 10.1. The first kappa shape index (κ1) is 11.3. The number of aromatic amines is 1. The van der Waals surface area contributed by atoms with Crippen molar-refractivity contribution in [1.29, 1.82) is 0 Å². The van der Waals surface area contributed by atoms with Crippen molar-refractivity contribution in [3.8, 4) is 0 Å². The number of benzene rings is 1. The van der Waals surface area contributed by atoms with Crippen molar-refractivity contribution in [2.24, 2.45) is 0 Å². The van der Waals surface area contributed by atoms with Gasteiger partial charge >= 0.3 is 0 Å². The maximum atomic E-state index is 4.62. The Morgan fingerprint density at radius 1 is 1.20 bits per heavy atom. The van der Waals surface area contributed by atoms with Gasteiger partial charge in [-0.25, -0.2) is 9.67 Å². The fraction of sp³-hybridized carbons (Fsp3) is 0.308. The zero-order valence-corrected chi connectivity index (χ0v) is 10.7. The van der Waals surface area contributed by atoms with Crippen LogP contribution in [0.1, 0.15) is 42.0 Å². The van der Waals surface area contributed by atoms with Gasteiger partial charge in [0.05, 0.1) is 0 Å². The van der Waals surface area contributed by atoms with Crippen molar-refractivity contribution in [1.82, 2.24) is 35.4 Å². The molecular weight excluding hydrogens is 254 g/mol. The van der Waals surface area contributed by atoms with Gasteiger partial charge in [0.25, 0.3) is 0 Å². The van der Waals surface area contributed by atoms with Crippen molar-refractivity contribution >= 4 is 0 Å².